The van der Waals surface area contributed by atoms with E-state index in [-0.39, 0.29) is 18.3 Å². The first kappa shape index (κ1) is 16.9. The number of nitrogens with one attached hydrogen (secondary N) is 1. The number of alkyl halides is 2. The number of hydrogen-bond acceptors (Lipinski definition) is 2. The van der Waals surface area contributed by atoms with Gasteiger partial charge in [-0.3, -0.25) is 4.79 Å². The van der Waals surface area contributed by atoms with Gasteiger partial charge >= 0.3 is 0 Å². The smallest absolute Gasteiger partial charge is 0.277 e. The van der Waals surface area contributed by atoms with Crippen LogP contribution in [0.1, 0.15) is 18.4 Å². The summed E-state index contributed by atoms with van der Waals surface area (Å²) >= 11 is 0. The molecule has 0 aromatic heterocycles. The molecule has 1 saturated carbocycles. The predicted molar refractivity (Wildman–Crippen MR) is 76.1 cm³/mol. The number of carbonyl (C=O) groups excluding carboxylic acids is 1. The number of nitrogens with two attached hydrogens (primary N) is 1. The van der Waals surface area contributed by atoms with Gasteiger partial charge in [0.25, 0.3) is 5.92 Å². The summed E-state index contributed by atoms with van der Waals surface area (Å²) in [4.78, 5) is 12.0. The Labute approximate surface area is 123 Å². The molecule has 0 radical (unpaired) electrons. The Bertz CT molecular complexity index is 450. The number of benzene rings is 1. The Morgan fingerprint density at radius 1 is 1.30 bits per heavy atom. The van der Waals surface area contributed by atoms with Crippen LogP contribution in [-0.4, -0.2) is 24.9 Å². The second-order valence-corrected chi connectivity index (χ2v) is 5.19. The van der Waals surface area contributed by atoms with Gasteiger partial charge in [-0.1, -0.05) is 30.3 Å². The van der Waals surface area contributed by atoms with Gasteiger partial charge in [0.15, 0.2) is 0 Å². The maximum Gasteiger partial charge on any atom is 0.277 e. The summed E-state index contributed by atoms with van der Waals surface area (Å²) in [6, 6.07) is 9.62. The normalized spacial score (nSPS) is 16.1. The highest BCUT2D eigenvalue weighted by molar-refractivity contribution is 5.85. The van der Waals surface area contributed by atoms with Crippen LogP contribution >= 0.6 is 12.4 Å². The molecule has 0 saturated heterocycles. The van der Waals surface area contributed by atoms with Crippen LogP contribution in [0.5, 0.6) is 0 Å². The predicted octanol–water partition coefficient (Wildman–Crippen LogP) is 2.14. The van der Waals surface area contributed by atoms with Gasteiger partial charge in [0.1, 0.15) is 0 Å². The van der Waals surface area contributed by atoms with E-state index in [4.69, 9.17) is 5.73 Å². The van der Waals surface area contributed by atoms with Crippen LogP contribution in [0.15, 0.2) is 30.3 Å². The zero-order valence-electron chi connectivity index (χ0n) is 11.1. The molecule has 0 atom stereocenters. The lowest BCUT2D eigenvalue weighted by Gasteiger charge is -2.19. The number of rotatable bonds is 6. The molecule has 112 valence electrons. The average molecular weight is 305 g/mol. The van der Waals surface area contributed by atoms with E-state index in [9.17, 15) is 13.6 Å². The van der Waals surface area contributed by atoms with Gasteiger partial charge in [0.05, 0.1) is 18.5 Å². The first-order valence-electron chi connectivity index (χ1n) is 6.38. The van der Waals surface area contributed by atoms with Crippen molar-refractivity contribution in [2.75, 3.05) is 13.1 Å². The largest absolute Gasteiger partial charge is 0.350 e. The fourth-order valence-electron chi connectivity index (χ4n) is 2.09. The van der Waals surface area contributed by atoms with Crippen molar-refractivity contribution in [2.45, 2.75) is 25.2 Å². The molecule has 0 aliphatic heterocycles. The third-order valence-electron chi connectivity index (χ3n) is 3.53. The highest BCUT2D eigenvalue weighted by Gasteiger charge is 2.49. The van der Waals surface area contributed by atoms with Crippen molar-refractivity contribution in [3.8, 4) is 0 Å². The number of halogens is 3. The third kappa shape index (κ3) is 4.15. The van der Waals surface area contributed by atoms with Crippen LogP contribution in [0.3, 0.4) is 0 Å². The lowest BCUT2D eigenvalue weighted by Crippen LogP contribution is -2.44. The van der Waals surface area contributed by atoms with Gasteiger partial charge in [-0.25, -0.2) is 8.78 Å². The van der Waals surface area contributed by atoms with E-state index < -0.39 is 24.4 Å². The molecular formula is C14H19ClF2N2O. The van der Waals surface area contributed by atoms with E-state index in [1.54, 1.807) is 0 Å². The molecule has 0 bridgehead atoms. The van der Waals surface area contributed by atoms with E-state index in [0.717, 1.165) is 18.4 Å². The van der Waals surface area contributed by atoms with Gasteiger partial charge in [-0.15, -0.1) is 12.4 Å². The molecule has 2 rings (SSSR count). The van der Waals surface area contributed by atoms with E-state index in [1.807, 2.05) is 30.3 Å². The minimum atomic E-state index is -3.03. The summed E-state index contributed by atoms with van der Waals surface area (Å²) in [5.41, 5.74) is 5.50. The fourth-order valence-corrected chi connectivity index (χ4v) is 2.09. The monoisotopic (exact) mass is 304 g/mol. The lowest BCUT2D eigenvalue weighted by molar-refractivity contribution is -0.128. The van der Waals surface area contributed by atoms with Gasteiger partial charge in [0.2, 0.25) is 5.91 Å². The maximum atomic E-state index is 13.0. The summed E-state index contributed by atoms with van der Waals surface area (Å²) in [6.07, 6.45) is 2.11. The Morgan fingerprint density at radius 3 is 2.40 bits per heavy atom. The number of hydrogen-bond donors (Lipinski definition) is 2. The van der Waals surface area contributed by atoms with Crippen LogP contribution in [0, 0.1) is 5.41 Å². The van der Waals surface area contributed by atoms with E-state index in [1.165, 1.54) is 0 Å². The first-order valence-corrected chi connectivity index (χ1v) is 6.38. The molecular weight excluding hydrogens is 286 g/mol. The summed E-state index contributed by atoms with van der Waals surface area (Å²) in [6.45, 7) is -1.43. The van der Waals surface area contributed by atoms with Gasteiger partial charge in [-0.05, 0) is 24.8 Å². The molecule has 3 N–H and O–H groups in total. The molecule has 1 aliphatic carbocycles. The van der Waals surface area contributed by atoms with Gasteiger partial charge < -0.3 is 11.1 Å². The summed E-state index contributed by atoms with van der Waals surface area (Å²) in [5, 5.41) is 2.33. The molecule has 1 aromatic rings. The molecule has 0 unspecified atom stereocenters. The minimum absolute atomic E-state index is 0. The second kappa shape index (κ2) is 6.50. The summed E-state index contributed by atoms with van der Waals surface area (Å²) in [5.74, 6) is -3.32. The molecule has 1 aliphatic rings. The molecule has 1 fully saturated rings. The molecule has 0 spiro atoms. The van der Waals surface area contributed by atoms with Crippen LogP contribution in [0.4, 0.5) is 8.78 Å². The fraction of sp³-hybridized carbons (Fsp3) is 0.500. The molecule has 1 amide bonds. The Hall–Kier alpha value is -1.20. The molecule has 1 aromatic carbocycles. The first-order chi connectivity index (χ1) is 8.97. The summed E-state index contributed by atoms with van der Waals surface area (Å²) < 4.78 is 26.0. The molecule has 6 heteroatoms. The van der Waals surface area contributed by atoms with E-state index in [2.05, 4.69) is 5.32 Å². The SMILES string of the molecule is Cl.NCC(F)(F)CNC(=O)C1(Cc2ccccc2)CC1. The highest BCUT2D eigenvalue weighted by Crippen LogP contribution is 2.48. The number of carbonyl (C=O) groups is 1. The second-order valence-electron chi connectivity index (χ2n) is 5.19. The Kier molecular flexibility index (Phi) is 5.48. The van der Waals surface area contributed by atoms with Crippen molar-refractivity contribution in [3.05, 3.63) is 35.9 Å². The highest BCUT2D eigenvalue weighted by atomic mass is 35.5. The van der Waals surface area contributed by atoms with Crippen LogP contribution < -0.4 is 11.1 Å². The van der Waals surface area contributed by atoms with E-state index >= 15 is 0 Å². The summed E-state index contributed by atoms with van der Waals surface area (Å²) in [7, 11) is 0. The van der Waals surface area contributed by atoms with Crippen molar-refractivity contribution in [1.29, 1.82) is 0 Å². The number of amides is 1. The molecule has 3 nitrogen and oxygen atoms in total. The minimum Gasteiger partial charge on any atom is -0.350 e. The Balaban J connectivity index is 0.00000200. The van der Waals surface area contributed by atoms with Gasteiger partial charge in [-0.2, -0.15) is 0 Å². The van der Waals surface area contributed by atoms with Crippen molar-refractivity contribution in [3.63, 3.8) is 0 Å². The van der Waals surface area contributed by atoms with Crippen molar-refractivity contribution in [1.82, 2.24) is 5.32 Å². The van der Waals surface area contributed by atoms with Crippen molar-refractivity contribution < 1.29 is 13.6 Å². The van der Waals surface area contributed by atoms with Crippen LogP contribution in [0.25, 0.3) is 0 Å². The average Bonchev–Trinajstić information content (AvgIpc) is 3.18. The zero-order valence-corrected chi connectivity index (χ0v) is 11.9. The van der Waals surface area contributed by atoms with Gasteiger partial charge in [0, 0.05) is 0 Å². The quantitative estimate of drug-likeness (QED) is 0.846. The Morgan fingerprint density at radius 2 is 1.90 bits per heavy atom. The molecule has 0 heterocycles. The van der Waals surface area contributed by atoms with E-state index in [0.29, 0.717) is 6.42 Å². The standard InChI is InChI=1S/C14H18F2N2O.ClH/c15-14(16,9-17)10-18-12(19)13(6-7-13)8-11-4-2-1-3-5-11;/h1-5H,6-10,17H2,(H,18,19);1H. The molecule has 20 heavy (non-hydrogen) atoms. The zero-order chi connectivity index (χ0) is 13.9. The third-order valence-corrected chi connectivity index (χ3v) is 3.53. The van der Waals surface area contributed by atoms with Crippen molar-refractivity contribution >= 4 is 18.3 Å². The lowest BCUT2D eigenvalue weighted by atomic mass is 9.95. The maximum absolute atomic E-state index is 13.0. The van der Waals surface area contributed by atoms with Crippen LogP contribution in [0.2, 0.25) is 0 Å². The van der Waals surface area contributed by atoms with Crippen molar-refractivity contribution in [2.24, 2.45) is 11.1 Å². The van der Waals surface area contributed by atoms with Crippen LogP contribution in [-0.2, 0) is 11.2 Å². The topological polar surface area (TPSA) is 55.1 Å².